The van der Waals surface area contributed by atoms with Crippen LogP contribution in [0.2, 0.25) is 0 Å². The van der Waals surface area contributed by atoms with Gasteiger partial charge in [0.2, 0.25) is 0 Å². The Kier molecular flexibility index (Phi) is 5.92. The summed E-state index contributed by atoms with van der Waals surface area (Å²) in [5, 5.41) is 4.20. The molecule has 0 spiro atoms. The summed E-state index contributed by atoms with van der Waals surface area (Å²) in [4.78, 5) is 18.4. The Morgan fingerprint density at radius 2 is 1.89 bits per heavy atom. The van der Waals surface area contributed by atoms with E-state index in [1.54, 1.807) is 11.3 Å². The highest BCUT2D eigenvalue weighted by molar-refractivity contribution is 7.18. The van der Waals surface area contributed by atoms with Crippen molar-refractivity contribution in [2.24, 2.45) is 0 Å². The molecular formula is C22H28N3OS+. The number of para-hydroxylation sites is 1. The van der Waals surface area contributed by atoms with Crippen molar-refractivity contribution >= 4 is 27.5 Å². The van der Waals surface area contributed by atoms with Gasteiger partial charge in [-0.25, -0.2) is 4.98 Å². The van der Waals surface area contributed by atoms with Gasteiger partial charge in [0.25, 0.3) is 5.91 Å². The number of carbonyl (C=O) groups excluding carboxylic acids is 1. The van der Waals surface area contributed by atoms with Crippen molar-refractivity contribution in [2.45, 2.75) is 39.8 Å². The maximum absolute atomic E-state index is 12.5. The summed E-state index contributed by atoms with van der Waals surface area (Å²) >= 11 is 1.71. The maximum atomic E-state index is 12.5. The van der Waals surface area contributed by atoms with Crippen LogP contribution in [0.1, 0.15) is 47.6 Å². The topological polar surface area (TPSA) is 46.4 Å². The lowest BCUT2D eigenvalue weighted by atomic mass is 10.0. The molecule has 0 radical (unpaired) electrons. The van der Waals surface area contributed by atoms with Gasteiger partial charge in [-0.2, -0.15) is 0 Å². The molecule has 1 heterocycles. The molecule has 0 saturated carbocycles. The normalized spacial score (nSPS) is 14.7. The molecule has 0 saturated heterocycles. The zero-order valence-electron chi connectivity index (χ0n) is 16.7. The number of nitrogens with zero attached hydrogens (tertiary/aromatic N) is 1. The van der Waals surface area contributed by atoms with E-state index < -0.39 is 0 Å². The number of rotatable bonds is 6. The number of hydrogen-bond donors (Lipinski definition) is 2. The Labute approximate surface area is 165 Å². The van der Waals surface area contributed by atoms with Gasteiger partial charge in [-0.15, -0.1) is 11.3 Å². The Bertz CT molecular complexity index is 917. The third-order valence-corrected chi connectivity index (χ3v) is 6.49. The monoisotopic (exact) mass is 382 g/mol. The number of fused-ring (bicyclic) bond motifs is 1. The van der Waals surface area contributed by atoms with Crippen LogP contribution >= 0.6 is 11.3 Å². The first-order valence-electron chi connectivity index (χ1n) is 9.39. The predicted octanol–water partition coefficient (Wildman–Crippen LogP) is 3.37. The van der Waals surface area contributed by atoms with Crippen LogP contribution in [-0.4, -0.2) is 24.5 Å². The van der Waals surface area contributed by atoms with Crippen molar-refractivity contribution in [3.63, 3.8) is 0 Å². The number of thiazole rings is 1. The molecule has 2 N–H and O–H groups in total. The number of likely N-dealkylation sites (N-methyl/N-ethyl adjacent to an activating group) is 1. The lowest BCUT2D eigenvalue weighted by molar-refractivity contribution is -0.902. The zero-order chi connectivity index (χ0) is 19.6. The second kappa shape index (κ2) is 8.19. The molecule has 1 aromatic heterocycles. The fourth-order valence-electron chi connectivity index (χ4n) is 3.10. The largest absolute Gasteiger partial charge is 0.345 e. The van der Waals surface area contributed by atoms with Crippen molar-refractivity contribution in [3.8, 4) is 0 Å². The van der Waals surface area contributed by atoms with Gasteiger partial charge in [0, 0.05) is 0 Å². The van der Waals surface area contributed by atoms with E-state index >= 15 is 0 Å². The van der Waals surface area contributed by atoms with Gasteiger partial charge < -0.3 is 10.2 Å². The van der Waals surface area contributed by atoms with E-state index in [0.717, 1.165) is 21.0 Å². The molecule has 0 aliphatic rings. The van der Waals surface area contributed by atoms with Crippen LogP contribution in [-0.2, 0) is 4.79 Å². The molecule has 5 heteroatoms. The minimum atomic E-state index is 0.00218. The molecule has 3 rings (SSSR count). The first kappa shape index (κ1) is 19.5. The number of quaternary nitrogens is 1. The van der Waals surface area contributed by atoms with Gasteiger partial charge in [0.15, 0.2) is 11.6 Å². The summed E-state index contributed by atoms with van der Waals surface area (Å²) in [6, 6.07) is 14.7. The smallest absolute Gasteiger partial charge is 0.275 e. The summed E-state index contributed by atoms with van der Waals surface area (Å²) in [6.45, 7) is 8.79. The highest BCUT2D eigenvalue weighted by atomic mass is 32.1. The molecular weight excluding hydrogens is 354 g/mol. The number of nitrogens with one attached hydrogen (secondary N) is 2. The van der Waals surface area contributed by atoms with Gasteiger partial charge in [0.05, 0.1) is 23.3 Å². The molecule has 0 bridgehead atoms. The van der Waals surface area contributed by atoms with E-state index in [1.165, 1.54) is 15.8 Å². The summed E-state index contributed by atoms with van der Waals surface area (Å²) in [7, 11) is 2.05. The van der Waals surface area contributed by atoms with E-state index in [9.17, 15) is 4.79 Å². The number of carbonyl (C=O) groups is 1. The van der Waals surface area contributed by atoms with E-state index in [1.807, 2.05) is 25.1 Å². The van der Waals surface area contributed by atoms with Crippen LogP contribution in [0.4, 0.5) is 0 Å². The lowest BCUT2D eigenvalue weighted by Gasteiger charge is -2.21. The quantitative estimate of drug-likeness (QED) is 0.687. The molecule has 0 fully saturated rings. The third kappa shape index (κ3) is 4.54. The molecule has 1 unspecified atom stereocenters. The Morgan fingerprint density at radius 3 is 2.59 bits per heavy atom. The molecule has 142 valence electrons. The molecule has 3 atom stereocenters. The molecule has 4 nitrogen and oxygen atoms in total. The number of aromatic nitrogens is 1. The molecule has 3 aromatic rings. The van der Waals surface area contributed by atoms with E-state index in [0.29, 0.717) is 6.54 Å². The van der Waals surface area contributed by atoms with E-state index in [-0.39, 0.29) is 18.0 Å². The average Bonchev–Trinajstić information content (AvgIpc) is 3.07. The fraction of sp³-hybridized carbons (Fsp3) is 0.364. The van der Waals surface area contributed by atoms with Gasteiger partial charge >= 0.3 is 0 Å². The fourth-order valence-corrected chi connectivity index (χ4v) is 4.21. The number of aryl methyl sites for hydroxylation is 2. The van der Waals surface area contributed by atoms with Crippen molar-refractivity contribution in [1.82, 2.24) is 10.3 Å². The Balaban J connectivity index is 1.61. The van der Waals surface area contributed by atoms with Crippen molar-refractivity contribution in [2.75, 3.05) is 13.6 Å². The van der Waals surface area contributed by atoms with Gasteiger partial charge in [0.1, 0.15) is 6.04 Å². The number of amides is 1. The Morgan fingerprint density at radius 1 is 1.15 bits per heavy atom. The second-order valence-corrected chi connectivity index (χ2v) is 8.46. The van der Waals surface area contributed by atoms with Crippen molar-refractivity contribution in [3.05, 3.63) is 64.2 Å². The van der Waals surface area contributed by atoms with Crippen molar-refractivity contribution < 1.29 is 9.69 Å². The molecule has 0 aliphatic heterocycles. The van der Waals surface area contributed by atoms with Crippen LogP contribution in [0.25, 0.3) is 10.2 Å². The predicted molar refractivity (Wildman–Crippen MR) is 112 cm³/mol. The van der Waals surface area contributed by atoms with E-state index in [4.69, 9.17) is 4.98 Å². The first-order valence-corrected chi connectivity index (χ1v) is 10.2. The number of benzene rings is 2. The highest BCUT2D eigenvalue weighted by Gasteiger charge is 2.22. The SMILES string of the molecule is Cc1ccc([C@H](C)NC(=O)C[NH+](C)[C@@H](C)c2nc3ccccc3s2)cc1C. The average molecular weight is 383 g/mol. The lowest BCUT2D eigenvalue weighted by Crippen LogP contribution is -3.10. The first-order chi connectivity index (χ1) is 12.8. The maximum Gasteiger partial charge on any atom is 0.275 e. The minimum Gasteiger partial charge on any atom is -0.345 e. The minimum absolute atomic E-state index is 0.00218. The van der Waals surface area contributed by atoms with Gasteiger partial charge in [-0.05, 0) is 56.5 Å². The van der Waals surface area contributed by atoms with Crippen LogP contribution in [0.15, 0.2) is 42.5 Å². The molecule has 0 aliphatic carbocycles. The highest BCUT2D eigenvalue weighted by Crippen LogP contribution is 2.24. The van der Waals surface area contributed by atoms with Gasteiger partial charge in [-0.1, -0.05) is 30.3 Å². The molecule has 27 heavy (non-hydrogen) atoms. The number of hydrogen-bond acceptors (Lipinski definition) is 3. The summed E-state index contributed by atoms with van der Waals surface area (Å²) in [5.74, 6) is 0.0613. The van der Waals surface area contributed by atoms with Crippen LogP contribution in [0.3, 0.4) is 0 Å². The molecule has 1 amide bonds. The van der Waals surface area contributed by atoms with Crippen LogP contribution in [0.5, 0.6) is 0 Å². The van der Waals surface area contributed by atoms with Crippen LogP contribution in [0, 0.1) is 13.8 Å². The van der Waals surface area contributed by atoms with Crippen LogP contribution < -0.4 is 10.2 Å². The third-order valence-electron chi connectivity index (χ3n) is 5.27. The van der Waals surface area contributed by atoms with Gasteiger partial charge in [-0.3, -0.25) is 4.79 Å². The standard InChI is InChI=1S/C22H27N3OS/c1-14-10-11-18(12-15(14)2)16(3)23-21(26)13-25(5)17(4)22-24-19-8-6-7-9-20(19)27-22/h6-12,16-17H,13H2,1-5H3,(H,23,26)/p+1/t16-,17-/m0/s1. The Hall–Kier alpha value is -2.24. The summed E-state index contributed by atoms with van der Waals surface area (Å²) in [5.41, 5.74) is 4.69. The zero-order valence-corrected chi connectivity index (χ0v) is 17.5. The summed E-state index contributed by atoms with van der Waals surface area (Å²) in [6.07, 6.45) is 0. The second-order valence-electron chi connectivity index (χ2n) is 7.40. The molecule has 2 aromatic carbocycles. The van der Waals surface area contributed by atoms with Crippen molar-refractivity contribution in [1.29, 1.82) is 0 Å². The summed E-state index contributed by atoms with van der Waals surface area (Å²) < 4.78 is 1.19. The van der Waals surface area contributed by atoms with E-state index in [2.05, 4.69) is 57.4 Å².